The lowest BCUT2D eigenvalue weighted by molar-refractivity contribution is -0.139. The van der Waals surface area contributed by atoms with Crippen LogP contribution in [0.5, 0.6) is 0 Å². The summed E-state index contributed by atoms with van der Waals surface area (Å²) in [5.74, 6) is -2.09. The molecular formula is C18H16F3NO3. The zero-order valence-electron chi connectivity index (χ0n) is 13.1. The van der Waals surface area contributed by atoms with Gasteiger partial charge in [0, 0.05) is 5.56 Å². The molecule has 0 saturated carbocycles. The molecule has 0 aliphatic rings. The first-order chi connectivity index (χ1) is 11.8. The highest BCUT2D eigenvalue weighted by Crippen LogP contribution is 2.29. The van der Waals surface area contributed by atoms with Crippen LogP contribution in [0.2, 0.25) is 0 Å². The minimum Gasteiger partial charge on any atom is -0.480 e. The summed E-state index contributed by atoms with van der Waals surface area (Å²) in [6.07, 6.45) is -4.03. The van der Waals surface area contributed by atoms with E-state index in [1.54, 1.807) is 0 Å². The summed E-state index contributed by atoms with van der Waals surface area (Å²) >= 11 is 0. The zero-order chi connectivity index (χ0) is 18.4. The summed E-state index contributed by atoms with van der Waals surface area (Å²) < 4.78 is 38.1. The second-order valence-electron chi connectivity index (χ2n) is 5.47. The number of benzene rings is 2. The number of hydrogen-bond acceptors (Lipinski definition) is 2. The second kappa shape index (κ2) is 7.83. The molecule has 4 nitrogen and oxygen atoms in total. The molecule has 25 heavy (non-hydrogen) atoms. The van der Waals surface area contributed by atoms with Crippen molar-refractivity contribution in [1.82, 2.24) is 5.32 Å². The maximum Gasteiger partial charge on any atom is 0.416 e. The molecule has 0 bridgehead atoms. The summed E-state index contributed by atoms with van der Waals surface area (Å²) in [7, 11) is 0. The standard InChI is InChI=1S/C18H16F3NO3/c19-18(20,21)14-8-4-7-13(11-14)16(23)22-15(17(24)25)10-9-12-5-2-1-3-6-12/h1-8,11,15H,9-10H2,(H,22,23)(H,24,25)/t15-/m1/s1. The zero-order valence-corrected chi connectivity index (χ0v) is 13.1. The van der Waals surface area contributed by atoms with Crippen molar-refractivity contribution in [3.05, 3.63) is 71.3 Å². The smallest absolute Gasteiger partial charge is 0.416 e. The van der Waals surface area contributed by atoms with E-state index in [4.69, 9.17) is 0 Å². The number of aryl methyl sites for hydroxylation is 1. The van der Waals surface area contributed by atoms with E-state index in [1.165, 1.54) is 6.07 Å². The Kier molecular flexibility index (Phi) is 5.80. The van der Waals surface area contributed by atoms with Crippen molar-refractivity contribution in [1.29, 1.82) is 0 Å². The summed E-state index contributed by atoms with van der Waals surface area (Å²) in [4.78, 5) is 23.4. The second-order valence-corrected chi connectivity index (χ2v) is 5.47. The van der Waals surface area contributed by atoms with E-state index in [0.717, 1.165) is 17.7 Å². The lowest BCUT2D eigenvalue weighted by Crippen LogP contribution is -2.41. The first-order valence-corrected chi connectivity index (χ1v) is 7.52. The van der Waals surface area contributed by atoms with Gasteiger partial charge in [0.2, 0.25) is 0 Å². The molecule has 2 aromatic rings. The molecule has 132 valence electrons. The molecule has 0 aliphatic carbocycles. The molecule has 0 saturated heterocycles. The number of carboxylic acids is 1. The summed E-state index contributed by atoms with van der Waals surface area (Å²) in [6, 6.07) is 11.8. The number of carboxylic acid groups (broad SMARTS) is 1. The van der Waals surface area contributed by atoms with Gasteiger partial charge in [0.15, 0.2) is 0 Å². The van der Waals surface area contributed by atoms with Gasteiger partial charge in [-0.15, -0.1) is 0 Å². The largest absolute Gasteiger partial charge is 0.480 e. The van der Waals surface area contributed by atoms with Crippen LogP contribution >= 0.6 is 0 Å². The van der Waals surface area contributed by atoms with Crippen LogP contribution in [-0.4, -0.2) is 23.0 Å². The van der Waals surface area contributed by atoms with Crippen LogP contribution in [-0.2, 0) is 17.4 Å². The maximum absolute atomic E-state index is 12.7. The molecule has 0 heterocycles. The first kappa shape index (κ1) is 18.5. The Morgan fingerprint density at radius 2 is 1.72 bits per heavy atom. The van der Waals surface area contributed by atoms with Crippen LogP contribution in [0.4, 0.5) is 13.2 Å². The van der Waals surface area contributed by atoms with Gasteiger partial charge in [0.05, 0.1) is 5.56 Å². The van der Waals surface area contributed by atoms with Gasteiger partial charge >= 0.3 is 12.1 Å². The third-order valence-corrected chi connectivity index (χ3v) is 3.62. The fourth-order valence-electron chi connectivity index (χ4n) is 2.29. The van der Waals surface area contributed by atoms with Crippen molar-refractivity contribution in [3.8, 4) is 0 Å². The summed E-state index contributed by atoms with van der Waals surface area (Å²) in [5.41, 5.74) is -0.292. The number of aliphatic carboxylic acids is 1. The highest BCUT2D eigenvalue weighted by atomic mass is 19.4. The van der Waals surface area contributed by atoms with E-state index in [-0.39, 0.29) is 12.0 Å². The van der Waals surface area contributed by atoms with Crippen molar-refractivity contribution in [2.75, 3.05) is 0 Å². The Bertz CT molecular complexity index is 745. The van der Waals surface area contributed by atoms with Gasteiger partial charge in [-0.05, 0) is 36.6 Å². The van der Waals surface area contributed by atoms with Crippen LogP contribution < -0.4 is 5.32 Å². The summed E-state index contributed by atoms with van der Waals surface area (Å²) in [6.45, 7) is 0. The van der Waals surface area contributed by atoms with Crippen molar-refractivity contribution in [2.45, 2.75) is 25.1 Å². The fourth-order valence-corrected chi connectivity index (χ4v) is 2.29. The Balaban J connectivity index is 2.06. The van der Waals surface area contributed by atoms with E-state index >= 15 is 0 Å². The lowest BCUT2D eigenvalue weighted by Gasteiger charge is -2.15. The SMILES string of the molecule is O=C(N[C@H](CCc1ccccc1)C(=O)O)c1cccc(C(F)(F)F)c1. The average molecular weight is 351 g/mol. The molecule has 2 aromatic carbocycles. The van der Waals surface area contributed by atoms with Crippen LogP contribution in [0.15, 0.2) is 54.6 Å². The van der Waals surface area contributed by atoms with Gasteiger partial charge < -0.3 is 10.4 Å². The number of carbonyl (C=O) groups is 2. The van der Waals surface area contributed by atoms with Gasteiger partial charge in [-0.25, -0.2) is 4.79 Å². The molecule has 0 aromatic heterocycles. The average Bonchev–Trinajstić information content (AvgIpc) is 2.58. The number of alkyl halides is 3. The molecule has 1 atom stereocenters. The molecule has 2 rings (SSSR count). The van der Waals surface area contributed by atoms with Crippen LogP contribution in [0.25, 0.3) is 0 Å². The molecule has 0 radical (unpaired) electrons. The highest BCUT2D eigenvalue weighted by molar-refractivity contribution is 5.96. The molecule has 0 spiro atoms. The molecule has 0 aliphatic heterocycles. The quantitative estimate of drug-likeness (QED) is 0.837. The number of nitrogens with one attached hydrogen (secondary N) is 1. The number of rotatable bonds is 6. The maximum atomic E-state index is 12.7. The Morgan fingerprint density at radius 1 is 1.04 bits per heavy atom. The van der Waals surface area contributed by atoms with Gasteiger partial charge in [-0.3, -0.25) is 4.79 Å². The van der Waals surface area contributed by atoms with Gasteiger partial charge in [0.1, 0.15) is 6.04 Å². The minimum atomic E-state index is -4.57. The molecule has 1 amide bonds. The predicted molar refractivity (Wildman–Crippen MR) is 85.1 cm³/mol. The van der Waals surface area contributed by atoms with Crippen molar-refractivity contribution in [3.63, 3.8) is 0 Å². The number of amides is 1. The van der Waals surface area contributed by atoms with Crippen LogP contribution in [0, 0.1) is 0 Å². The van der Waals surface area contributed by atoms with Gasteiger partial charge in [-0.2, -0.15) is 13.2 Å². The molecule has 0 unspecified atom stereocenters. The number of carbonyl (C=O) groups excluding carboxylic acids is 1. The first-order valence-electron chi connectivity index (χ1n) is 7.52. The van der Waals surface area contributed by atoms with E-state index < -0.39 is 29.7 Å². The Labute approximate surface area is 142 Å². The third-order valence-electron chi connectivity index (χ3n) is 3.62. The number of hydrogen-bond donors (Lipinski definition) is 2. The van der Waals surface area contributed by atoms with Crippen molar-refractivity contribution >= 4 is 11.9 Å². The van der Waals surface area contributed by atoms with E-state index in [2.05, 4.69) is 5.32 Å². The lowest BCUT2D eigenvalue weighted by atomic mass is 10.0. The molecule has 0 fully saturated rings. The predicted octanol–water partition coefficient (Wildman–Crippen LogP) is 3.52. The third kappa shape index (κ3) is 5.34. The summed E-state index contributed by atoms with van der Waals surface area (Å²) in [5, 5.41) is 11.5. The van der Waals surface area contributed by atoms with Gasteiger partial charge in [0.25, 0.3) is 5.91 Å². The molecule has 2 N–H and O–H groups in total. The van der Waals surface area contributed by atoms with Crippen molar-refractivity contribution < 1.29 is 27.9 Å². The number of halogens is 3. The topological polar surface area (TPSA) is 66.4 Å². The molecular weight excluding hydrogens is 335 g/mol. The van der Waals surface area contributed by atoms with Crippen LogP contribution in [0.1, 0.15) is 27.9 Å². The molecule has 7 heteroatoms. The van der Waals surface area contributed by atoms with E-state index in [0.29, 0.717) is 12.5 Å². The monoisotopic (exact) mass is 351 g/mol. The Morgan fingerprint density at radius 3 is 2.32 bits per heavy atom. The minimum absolute atomic E-state index is 0.129. The fraction of sp³-hybridized carbons (Fsp3) is 0.222. The Hall–Kier alpha value is -2.83. The van der Waals surface area contributed by atoms with E-state index in [1.807, 2.05) is 30.3 Å². The van der Waals surface area contributed by atoms with Crippen molar-refractivity contribution in [2.24, 2.45) is 0 Å². The van der Waals surface area contributed by atoms with E-state index in [9.17, 15) is 27.9 Å². The normalized spacial score (nSPS) is 12.4. The van der Waals surface area contributed by atoms with Crippen LogP contribution in [0.3, 0.4) is 0 Å². The van der Waals surface area contributed by atoms with Gasteiger partial charge in [-0.1, -0.05) is 36.4 Å². The highest BCUT2D eigenvalue weighted by Gasteiger charge is 2.31.